The van der Waals surface area contributed by atoms with Crippen molar-refractivity contribution >= 4 is 11.9 Å². The zero-order valence-corrected chi connectivity index (χ0v) is 10.9. The maximum Gasteiger partial charge on any atom is 0.328 e. The fourth-order valence-electron chi connectivity index (χ4n) is 1.51. The average molecular weight is 266 g/mol. The third kappa shape index (κ3) is 4.59. The van der Waals surface area contributed by atoms with E-state index in [1.807, 2.05) is 0 Å². The fraction of sp³-hybridized carbons (Fsp3) is 0.385. The van der Waals surface area contributed by atoms with Crippen LogP contribution in [0.3, 0.4) is 0 Å². The van der Waals surface area contributed by atoms with Crippen LogP contribution >= 0.6 is 0 Å². The first kappa shape index (κ1) is 15.0. The highest BCUT2D eigenvalue weighted by Crippen LogP contribution is 2.11. The molecule has 0 bridgehead atoms. The molecule has 0 saturated carbocycles. The number of aromatic hydroxyl groups is 1. The second-order valence-corrected chi connectivity index (χ2v) is 4.24. The summed E-state index contributed by atoms with van der Waals surface area (Å²) in [6, 6.07) is 4.86. The lowest BCUT2D eigenvalue weighted by Crippen LogP contribution is -2.48. The van der Waals surface area contributed by atoms with Crippen molar-refractivity contribution < 1.29 is 19.4 Å². The van der Waals surface area contributed by atoms with Crippen molar-refractivity contribution in [3.05, 3.63) is 29.8 Å². The van der Waals surface area contributed by atoms with Crippen molar-refractivity contribution in [2.75, 3.05) is 7.11 Å². The molecule has 1 rings (SSSR count). The van der Waals surface area contributed by atoms with Crippen LogP contribution in [0.5, 0.6) is 5.75 Å². The van der Waals surface area contributed by atoms with Gasteiger partial charge >= 0.3 is 5.97 Å². The van der Waals surface area contributed by atoms with Gasteiger partial charge < -0.3 is 20.9 Å². The van der Waals surface area contributed by atoms with Crippen molar-refractivity contribution in [1.82, 2.24) is 5.32 Å². The highest BCUT2D eigenvalue weighted by molar-refractivity contribution is 5.87. The highest BCUT2D eigenvalue weighted by atomic mass is 16.5. The van der Waals surface area contributed by atoms with Crippen LogP contribution in [0, 0.1) is 0 Å². The number of nitrogens with two attached hydrogens (primary N) is 1. The van der Waals surface area contributed by atoms with E-state index in [1.54, 1.807) is 12.1 Å². The Bertz CT molecular complexity index is 442. The third-order valence-electron chi connectivity index (χ3n) is 2.59. The second-order valence-electron chi connectivity index (χ2n) is 4.24. The number of phenolic OH excluding ortho intramolecular Hbond substituents is 1. The summed E-state index contributed by atoms with van der Waals surface area (Å²) in [4.78, 5) is 23.1. The lowest BCUT2D eigenvalue weighted by molar-refractivity contribution is -0.145. The van der Waals surface area contributed by atoms with Crippen LogP contribution < -0.4 is 11.1 Å². The summed E-state index contributed by atoms with van der Waals surface area (Å²) in [5.41, 5.74) is 6.23. The van der Waals surface area contributed by atoms with Gasteiger partial charge in [-0.05, 0) is 24.6 Å². The number of amides is 1. The van der Waals surface area contributed by atoms with Crippen LogP contribution in [0.15, 0.2) is 24.3 Å². The maximum absolute atomic E-state index is 11.6. The van der Waals surface area contributed by atoms with Crippen LogP contribution in [0.25, 0.3) is 0 Å². The van der Waals surface area contributed by atoms with Crippen LogP contribution in [0.4, 0.5) is 0 Å². The molecule has 0 unspecified atom stereocenters. The number of rotatable bonds is 5. The first-order chi connectivity index (χ1) is 8.93. The Hall–Kier alpha value is -2.08. The van der Waals surface area contributed by atoms with E-state index >= 15 is 0 Å². The Labute approximate surface area is 111 Å². The predicted octanol–water partition coefficient (Wildman–Crippen LogP) is -0.0603. The summed E-state index contributed by atoms with van der Waals surface area (Å²) in [6.07, 6.45) is 0.269. The summed E-state index contributed by atoms with van der Waals surface area (Å²) in [5.74, 6) is -0.825. The van der Waals surface area contributed by atoms with Crippen molar-refractivity contribution in [1.29, 1.82) is 0 Å². The van der Waals surface area contributed by atoms with Crippen molar-refractivity contribution in [3.8, 4) is 5.75 Å². The van der Waals surface area contributed by atoms with Crippen LogP contribution in [0.1, 0.15) is 12.5 Å². The van der Waals surface area contributed by atoms with Crippen LogP contribution in [-0.2, 0) is 20.7 Å². The molecule has 0 fully saturated rings. The normalized spacial score (nSPS) is 13.4. The summed E-state index contributed by atoms with van der Waals surface area (Å²) in [6.45, 7) is 1.53. The zero-order chi connectivity index (χ0) is 14.4. The number of ether oxygens (including phenoxy) is 1. The quantitative estimate of drug-likeness (QED) is 0.648. The van der Waals surface area contributed by atoms with Gasteiger partial charge in [-0.15, -0.1) is 0 Å². The van der Waals surface area contributed by atoms with Gasteiger partial charge in [0.15, 0.2) is 0 Å². The monoisotopic (exact) mass is 266 g/mol. The van der Waals surface area contributed by atoms with Crippen molar-refractivity contribution in [2.45, 2.75) is 25.4 Å². The Morgan fingerprint density at radius 1 is 1.37 bits per heavy atom. The Morgan fingerprint density at radius 3 is 2.42 bits per heavy atom. The molecule has 0 saturated heterocycles. The maximum atomic E-state index is 11.6. The first-order valence-corrected chi connectivity index (χ1v) is 5.85. The molecule has 1 aromatic rings. The molecule has 0 spiro atoms. The van der Waals surface area contributed by atoms with E-state index in [9.17, 15) is 14.7 Å². The van der Waals surface area contributed by atoms with E-state index in [2.05, 4.69) is 10.1 Å². The molecule has 0 aromatic heterocycles. The SMILES string of the molecule is COC(=O)[C@H](Cc1ccc(O)cc1)NC(=O)[C@H](C)N. The average Bonchev–Trinajstić information content (AvgIpc) is 2.39. The van der Waals surface area contributed by atoms with E-state index in [-0.39, 0.29) is 12.2 Å². The van der Waals surface area contributed by atoms with Crippen LogP contribution in [-0.4, -0.2) is 36.2 Å². The smallest absolute Gasteiger partial charge is 0.328 e. The molecule has 4 N–H and O–H groups in total. The largest absolute Gasteiger partial charge is 0.508 e. The molecule has 2 atom stereocenters. The van der Waals surface area contributed by atoms with Gasteiger partial charge in [-0.3, -0.25) is 4.79 Å². The highest BCUT2D eigenvalue weighted by Gasteiger charge is 2.23. The molecule has 0 aliphatic carbocycles. The molecule has 1 amide bonds. The first-order valence-electron chi connectivity index (χ1n) is 5.85. The van der Waals surface area contributed by atoms with E-state index < -0.39 is 24.0 Å². The minimum atomic E-state index is -0.798. The number of carbonyl (C=O) groups is 2. The number of phenols is 1. The Balaban J connectivity index is 2.77. The number of carbonyl (C=O) groups excluding carboxylic acids is 2. The standard InChI is InChI=1S/C13H18N2O4/c1-8(14)12(17)15-11(13(18)19-2)7-9-3-5-10(16)6-4-9/h3-6,8,11,16H,7,14H2,1-2H3,(H,15,17)/t8-,11-/m0/s1. The number of esters is 1. The molecule has 1 aromatic carbocycles. The number of methoxy groups -OCH3 is 1. The van der Waals surface area contributed by atoms with Crippen molar-refractivity contribution in [3.63, 3.8) is 0 Å². The number of nitrogens with one attached hydrogen (secondary N) is 1. The molecular formula is C13H18N2O4. The van der Waals surface area contributed by atoms with Gasteiger partial charge in [-0.25, -0.2) is 4.79 Å². The molecule has 0 aliphatic rings. The van der Waals surface area contributed by atoms with Gasteiger partial charge in [0.05, 0.1) is 13.2 Å². The predicted molar refractivity (Wildman–Crippen MR) is 69.4 cm³/mol. The Morgan fingerprint density at radius 2 is 1.95 bits per heavy atom. The fourth-order valence-corrected chi connectivity index (χ4v) is 1.51. The summed E-state index contributed by atoms with van der Waals surface area (Å²) in [5, 5.41) is 11.7. The lowest BCUT2D eigenvalue weighted by atomic mass is 10.1. The van der Waals surface area contributed by atoms with E-state index in [4.69, 9.17) is 5.73 Å². The van der Waals surface area contributed by atoms with Crippen molar-refractivity contribution in [2.24, 2.45) is 5.73 Å². The lowest BCUT2D eigenvalue weighted by Gasteiger charge is -2.17. The minimum absolute atomic E-state index is 0.137. The molecule has 19 heavy (non-hydrogen) atoms. The zero-order valence-electron chi connectivity index (χ0n) is 10.9. The summed E-state index contributed by atoms with van der Waals surface area (Å²) < 4.78 is 4.65. The summed E-state index contributed by atoms with van der Waals surface area (Å²) >= 11 is 0. The van der Waals surface area contributed by atoms with E-state index in [0.717, 1.165) is 5.56 Å². The third-order valence-corrected chi connectivity index (χ3v) is 2.59. The van der Waals surface area contributed by atoms with Gasteiger partial charge in [0.2, 0.25) is 5.91 Å². The molecule has 104 valence electrons. The van der Waals surface area contributed by atoms with Gasteiger partial charge in [-0.1, -0.05) is 12.1 Å². The van der Waals surface area contributed by atoms with Gasteiger partial charge in [0.25, 0.3) is 0 Å². The molecule has 0 aliphatic heterocycles. The van der Waals surface area contributed by atoms with E-state index in [1.165, 1.54) is 26.2 Å². The number of hydrogen-bond acceptors (Lipinski definition) is 5. The molecule has 6 heteroatoms. The molecule has 0 heterocycles. The number of hydrogen-bond donors (Lipinski definition) is 3. The van der Waals surface area contributed by atoms with Crippen LogP contribution in [0.2, 0.25) is 0 Å². The molecule has 0 radical (unpaired) electrons. The van der Waals surface area contributed by atoms with E-state index in [0.29, 0.717) is 0 Å². The van der Waals surface area contributed by atoms with Gasteiger partial charge in [0, 0.05) is 6.42 Å². The topological polar surface area (TPSA) is 102 Å². The van der Waals surface area contributed by atoms with Gasteiger partial charge in [-0.2, -0.15) is 0 Å². The molecule has 6 nitrogen and oxygen atoms in total. The number of benzene rings is 1. The summed E-state index contributed by atoms with van der Waals surface area (Å²) in [7, 11) is 1.25. The minimum Gasteiger partial charge on any atom is -0.508 e. The second kappa shape index (κ2) is 6.75. The Kier molecular flexibility index (Phi) is 5.32. The molecular weight excluding hydrogens is 248 g/mol. The van der Waals surface area contributed by atoms with Gasteiger partial charge in [0.1, 0.15) is 11.8 Å².